The number of hydrogen-bond donors (Lipinski definition) is 8. The maximum absolute atomic E-state index is 14.2. The minimum absolute atomic E-state index is 0.0814. The number of amides is 12. The van der Waals surface area contributed by atoms with Gasteiger partial charge < -0.3 is 90.9 Å². The van der Waals surface area contributed by atoms with Gasteiger partial charge in [-0.25, -0.2) is 28.0 Å². The van der Waals surface area contributed by atoms with E-state index in [-0.39, 0.29) is 107 Å². The Morgan fingerprint density at radius 1 is 0.290 bits per heavy atom. The molecule has 12 rings (SSSR count). The molecule has 0 aliphatic carbocycles. The first-order valence-corrected chi connectivity index (χ1v) is 42.7. The van der Waals surface area contributed by atoms with Gasteiger partial charge in [0.05, 0.1) is 52.6 Å². The molecule has 12 amide bonds. The molecule has 30 nitrogen and oxygen atoms in total. The van der Waals surface area contributed by atoms with Crippen molar-refractivity contribution in [3.8, 4) is 0 Å². The highest BCUT2D eigenvalue weighted by molar-refractivity contribution is 6.02. The highest BCUT2D eigenvalue weighted by atomic mass is 19.1. The summed E-state index contributed by atoms with van der Waals surface area (Å²) in [6.45, 7) is 16.2. The number of carbonyl (C=O) groups is 12. The summed E-state index contributed by atoms with van der Waals surface area (Å²) in [5.41, 5.74) is 8.00. The fraction of sp³-hybridized carbons (Fsp3) is 0.478. The maximum atomic E-state index is 14.2. The van der Waals surface area contributed by atoms with E-state index < -0.39 is 72.7 Å². The van der Waals surface area contributed by atoms with E-state index in [0.29, 0.717) is 100 Å². The first-order chi connectivity index (χ1) is 59.4. The average Bonchev–Trinajstić information content (AvgIpc) is 1.62. The molecule has 12 atom stereocenters. The molecule has 6 aliphatic rings. The Hall–Kier alpha value is -12.4. The second-order valence-electron chi connectivity index (χ2n) is 33.6. The summed E-state index contributed by atoms with van der Waals surface area (Å²) in [6.07, 6.45) is 4.94. The quantitative estimate of drug-likeness (QED) is 0.0234. The number of halogens is 2. The van der Waals surface area contributed by atoms with Crippen molar-refractivity contribution < 1.29 is 85.3 Å². The lowest BCUT2D eigenvalue weighted by Crippen LogP contribution is -2.54. The normalized spacial score (nSPS) is 20.8. The summed E-state index contributed by atoms with van der Waals surface area (Å²) in [7, 11) is 4.94. The monoisotopic (exact) mass is 1710 g/mol. The fourth-order valence-corrected chi connectivity index (χ4v) is 17.7. The van der Waals surface area contributed by atoms with Crippen molar-refractivity contribution in [1.82, 2.24) is 40.9 Å². The zero-order chi connectivity index (χ0) is 89.3. The van der Waals surface area contributed by atoms with Gasteiger partial charge >= 0.3 is 24.4 Å². The molecule has 8 N–H and O–H groups in total. The van der Waals surface area contributed by atoms with Crippen molar-refractivity contribution in [1.29, 1.82) is 0 Å². The van der Waals surface area contributed by atoms with Gasteiger partial charge in [-0.15, -0.1) is 0 Å². The van der Waals surface area contributed by atoms with E-state index in [1.165, 1.54) is 72.3 Å². The van der Waals surface area contributed by atoms with Gasteiger partial charge in [-0.3, -0.25) is 38.4 Å². The number of hydrogen-bond acceptors (Lipinski definition) is 18. The van der Waals surface area contributed by atoms with Crippen LogP contribution < -0.4 is 52.3 Å². The van der Waals surface area contributed by atoms with E-state index in [4.69, 9.17) is 18.9 Å². The minimum Gasteiger partial charge on any atom is -0.453 e. The predicted molar refractivity (Wildman–Crippen MR) is 463 cm³/mol. The van der Waals surface area contributed by atoms with Gasteiger partial charge in [0.1, 0.15) is 60.0 Å². The van der Waals surface area contributed by atoms with Crippen molar-refractivity contribution in [3.63, 3.8) is 0 Å². The van der Waals surface area contributed by atoms with Gasteiger partial charge in [-0.1, -0.05) is 104 Å². The van der Waals surface area contributed by atoms with Crippen LogP contribution in [0.25, 0.3) is 0 Å². The van der Waals surface area contributed by atoms with E-state index in [9.17, 15) is 66.3 Å². The van der Waals surface area contributed by atoms with E-state index in [1.54, 1.807) is 24.3 Å². The smallest absolute Gasteiger partial charge is 0.407 e. The predicted octanol–water partition coefficient (Wildman–Crippen LogP) is 13.1. The Bertz CT molecular complexity index is 4210. The second-order valence-corrected chi connectivity index (χ2v) is 33.6. The second kappa shape index (κ2) is 42.1. The first-order valence-electron chi connectivity index (χ1n) is 42.7. The first kappa shape index (κ1) is 92.3. The number of likely N-dealkylation sites (tertiary alicyclic amines) is 4. The highest BCUT2D eigenvalue weighted by Crippen LogP contribution is 2.49. The molecule has 0 radical (unpaired) electrons. The van der Waals surface area contributed by atoms with Crippen LogP contribution in [-0.4, -0.2) is 194 Å². The van der Waals surface area contributed by atoms with Crippen LogP contribution in [0.4, 0.5) is 62.1 Å². The summed E-state index contributed by atoms with van der Waals surface area (Å²) < 4.78 is 47.2. The SMILES string of the molecule is COC(=O)N[C@H](C(=O)N1CCC[C@H]1C(=O)Nc1ccc([C@@H]2CC[C@@H](c3ccc(NC(=O)[C@@H]4CCCN4C(=O)[C@@H](NC(=O)OC)C(C)C)cc3)N2c2ccc(F)cc2)cc1)C(C)C.COC(=O)N[C@H](C(=O)N1CCC[C@H]1C(=O)Nc1ccc([C@H]2CC[C@H](c3ccc(NC(=O)[C@@H]4CCCN4C(=O)[C@@H](NC(=O)OC)C(C)C)cc3)N2c2ccc(F)cc2)cc1)C(C)C. The molecular formula is C92H116F2N14O16. The number of ether oxygens (including phenoxy) is 4. The molecule has 6 saturated heterocycles. The van der Waals surface area contributed by atoms with E-state index >= 15 is 0 Å². The Balaban J connectivity index is 0.000000241. The topological polar surface area (TPSA) is 357 Å². The fourth-order valence-electron chi connectivity index (χ4n) is 17.7. The number of nitrogens with zero attached hydrogens (tertiary/aromatic N) is 6. The molecule has 6 aliphatic heterocycles. The van der Waals surface area contributed by atoms with Crippen molar-refractivity contribution in [3.05, 3.63) is 179 Å². The molecule has 6 aromatic rings. The molecule has 6 aromatic carbocycles. The maximum Gasteiger partial charge on any atom is 0.407 e. The van der Waals surface area contributed by atoms with E-state index in [2.05, 4.69) is 52.3 Å². The number of benzene rings is 6. The molecular weight excluding hydrogens is 1600 g/mol. The largest absolute Gasteiger partial charge is 0.453 e. The lowest BCUT2D eigenvalue weighted by Gasteiger charge is -2.33. The van der Waals surface area contributed by atoms with Gasteiger partial charge in [0, 0.05) is 60.3 Å². The van der Waals surface area contributed by atoms with Gasteiger partial charge in [-0.2, -0.15) is 0 Å². The third kappa shape index (κ3) is 22.2. The minimum atomic E-state index is -0.831. The molecule has 0 saturated carbocycles. The Kier molecular flexibility index (Phi) is 31.4. The molecule has 0 aromatic heterocycles. The molecule has 0 unspecified atom stereocenters. The van der Waals surface area contributed by atoms with E-state index in [1.807, 2.05) is 152 Å². The van der Waals surface area contributed by atoms with E-state index in [0.717, 1.165) is 59.3 Å². The molecule has 0 bridgehead atoms. The Morgan fingerprint density at radius 3 is 0.661 bits per heavy atom. The van der Waals surface area contributed by atoms with Crippen LogP contribution in [0.5, 0.6) is 0 Å². The Morgan fingerprint density at radius 2 is 0.484 bits per heavy atom. The summed E-state index contributed by atoms with van der Waals surface area (Å²) in [5, 5.41) is 22.4. The molecule has 0 spiro atoms. The van der Waals surface area contributed by atoms with Gasteiger partial charge in [0.15, 0.2) is 0 Å². The van der Waals surface area contributed by atoms with Crippen LogP contribution >= 0.6 is 0 Å². The molecule has 664 valence electrons. The molecule has 124 heavy (non-hydrogen) atoms. The zero-order valence-corrected chi connectivity index (χ0v) is 72.4. The van der Waals surface area contributed by atoms with Crippen molar-refractivity contribution in [2.75, 3.05) is 85.7 Å². The lowest BCUT2D eigenvalue weighted by molar-refractivity contribution is -0.139. The third-order valence-corrected chi connectivity index (χ3v) is 24.2. The molecule has 6 heterocycles. The average molecular weight is 1710 g/mol. The highest BCUT2D eigenvalue weighted by Gasteiger charge is 2.45. The van der Waals surface area contributed by atoms with Crippen LogP contribution in [0.2, 0.25) is 0 Å². The number of rotatable bonds is 26. The number of nitrogens with one attached hydrogen (secondary N) is 8. The van der Waals surface area contributed by atoms with Crippen molar-refractivity contribution in [2.24, 2.45) is 23.7 Å². The third-order valence-electron chi connectivity index (χ3n) is 24.2. The summed E-state index contributed by atoms with van der Waals surface area (Å²) in [6, 6.07) is 36.9. The number of methoxy groups -OCH3 is 4. The van der Waals surface area contributed by atoms with Gasteiger partial charge in [-0.05, 0) is 220 Å². The van der Waals surface area contributed by atoms with Crippen LogP contribution in [0.3, 0.4) is 0 Å². The van der Waals surface area contributed by atoms with Crippen LogP contribution in [-0.2, 0) is 57.3 Å². The lowest BCUT2D eigenvalue weighted by atomic mass is 10.0. The van der Waals surface area contributed by atoms with Crippen molar-refractivity contribution in [2.45, 2.75) is 205 Å². The molecule has 32 heteroatoms. The summed E-state index contributed by atoms with van der Waals surface area (Å²) >= 11 is 0. The Labute approximate surface area is 722 Å². The summed E-state index contributed by atoms with van der Waals surface area (Å²) in [4.78, 5) is 167. The number of alkyl carbamates (subject to hydrolysis) is 4. The van der Waals surface area contributed by atoms with Crippen LogP contribution in [0.15, 0.2) is 146 Å². The molecule has 6 fully saturated rings. The number of carbonyl (C=O) groups excluding carboxylic acids is 12. The van der Waals surface area contributed by atoms with Gasteiger partial charge in [0.25, 0.3) is 0 Å². The van der Waals surface area contributed by atoms with Crippen LogP contribution in [0, 0.1) is 35.3 Å². The number of anilines is 6. The van der Waals surface area contributed by atoms with Gasteiger partial charge in [0.2, 0.25) is 47.3 Å². The van der Waals surface area contributed by atoms with Crippen LogP contribution in [0.1, 0.15) is 179 Å². The zero-order valence-electron chi connectivity index (χ0n) is 72.4. The van der Waals surface area contributed by atoms with Crippen molar-refractivity contribution >= 4 is 106 Å². The standard InChI is InChI=1S/2C46H58FN7O8/c2*1-27(2)39(50-45(59)61-5)43(57)52-25-7-9-37(52)41(55)48-32-17-11-29(12-18-32)35-23-24-36(54(35)34-21-15-31(47)16-22-34)30-13-19-33(20-14-30)49-42(56)38-10-8-26-53(38)44(58)40(28(3)4)51-46(60)62-6/h2*11-22,27-28,35-40H,7-10,23-26H2,1-6H3,(H,48,55)(H,49,56)(H,50,59)(H,51,60)/t35-,36-,37+,38+,39+,40+;35-,36-,37-,38-,39-,40-/m10/s1. The summed E-state index contributed by atoms with van der Waals surface area (Å²) in [5.74, 6) is -4.08.